The Kier molecular flexibility index (Phi) is 35.9. The maximum atomic E-state index is 10.6. The first-order chi connectivity index (χ1) is 54.8. The Balaban J connectivity index is 0.000000170. The highest BCUT2D eigenvalue weighted by molar-refractivity contribution is 9.11. The van der Waals surface area contributed by atoms with Crippen molar-refractivity contribution in [3.8, 4) is 107 Å². The van der Waals surface area contributed by atoms with Gasteiger partial charge in [-0.3, -0.25) is 14.4 Å². The molecule has 0 aliphatic rings. The number of hydrogen-bond donors (Lipinski definition) is 5. The van der Waals surface area contributed by atoms with Crippen LogP contribution in [-0.4, -0.2) is 79.8 Å². The molecule has 14 aromatic carbocycles. The molecule has 20 heteroatoms. The summed E-state index contributed by atoms with van der Waals surface area (Å²) in [7, 11) is 5.08. The Morgan fingerprint density at radius 2 is 0.584 bits per heavy atom. The lowest BCUT2D eigenvalue weighted by molar-refractivity contribution is 0.111. The van der Waals surface area contributed by atoms with E-state index >= 15 is 0 Å². The maximum absolute atomic E-state index is 10.6. The van der Waals surface area contributed by atoms with Crippen molar-refractivity contribution in [3.63, 3.8) is 0 Å². The average Bonchev–Trinajstić information content (AvgIpc) is 0.853. The van der Waals surface area contributed by atoms with Crippen LogP contribution in [0.4, 0.5) is 0 Å². The zero-order valence-corrected chi connectivity index (χ0v) is 69.6. The molecule has 0 heterocycles. The maximum Gasteiger partial charge on any atom is 0.488 e. The molecule has 572 valence electrons. The molecule has 0 fully saturated rings. The number of phenols is 3. The topological polar surface area (TPSA) is 208 Å². The fourth-order valence-corrected chi connectivity index (χ4v) is 12.5. The summed E-state index contributed by atoms with van der Waals surface area (Å²) < 4.78 is 36.6. The number of benzene rings is 14. The molecule has 5 N–H and O–H groups in total. The minimum atomic E-state index is -1.40. The van der Waals surface area contributed by atoms with Crippen LogP contribution >= 0.6 is 79.6 Å². The highest BCUT2D eigenvalue weighted by atomic mass is 79.9. The van der Waals surface area contributed by atoms with Gasteiger partial charge in [0, 0.05) is 21.2 Å². The van der Waals surface area contributed by atoms with Gasteiger partial charge in [-0.15, -0.1) is 0 Å². The quantitative estimate of drug-likeness (QED) is 0.0377. The van der Waals surface area contributed by atoms with E-state index in [9.17, 15) is 24.6 Å². The van der Waals surface area contributed by atoms with Crippen LogP contribution in [0.2, 0.25) is 0 Å². The van der Waals surface area contributed by atoms with Crippen LogP contribution in [0.15, 0.2) is 350 Å². The lowest BCUT2D eigenvalue weighted by atomic mass is 9.80. The zero-order chi connectivity index (χ0) is 80.9. The molecule has 0 aromatic heterocycles. The van der Waals surface area contributed by atoms with Crippen molar-refractivity contribution in [2.24, 2.45) is 0 Å². The molecule has 0 aliphatic carbocycles. The lowest BCUT2D eigenvalue weighted by Crippen LogP contribution is -2.29. The second-order valence-electron chi connectivity index (χ2n) is 24.2. The summed E-state index contributed by atoms with van der Waals surface area (Å²) in [6.45, 7) is 1.12. The van der Waals surface area contributed by atoms with E-state index < -0.39 is 7.12 Å². The number of aromatic hydroxyl groups is 3. The minimum absolute atomic E-state index is 0.220. The van der Waals surface area contributed by atoms with Gasteiger partial charge in [0.05, 0.1) is 46.3 Å². The number of phenolic OH excluding ortho intramolecular Hbond substituents is 3. The first kappa shape index (κ1) is 87.3. The molecule has 0 unspecified atom stereocenters. The summed E-state index contributed by atoms with van der Waals surface area (Å²) >= 11 is 17.0. The first-order valence-electron chi connectivity index (χ1n) is 34.7. The molecule has 0 aliphatic heterocycles. The third kappa shape index (κ3) is 28.7. The Morgan fingerprint density at radius 3 is 0.920 bits per heavy atom. The van der Waals surface area contributed by atoms with Gasteiger partial charge >= 0.3 is 7.12 Å². The third-order valence-electron chi connectivity index (χ3n) is 16.5. The summed E-state index contributed by atoms with van der Waals surface area (Å²) in [5.41, 5.74) is 15.6. The fourth-order valence-electron chi connectivity index (χ4n) is 10.3. The van der Waals surface area contributed by atoms with Gasteiger partial charge in [-0.05, 0) is 257 Å². The van der Waals surface area contributed by atoms with Crippen LogP contribution in [0, 0.1) is 0 Å². The van der Waals surface area contributed by atoms with Gasteiger partial charge in [-0.1, -0.05) is 222 Å². The molecule has 14 rings (SSSR count). The van der Waals surface area contributed by atoms with Crippen LogP contribution in [0.1, 0.15) is 42.2 Å². The molecule has 0 saturated heterocycles. The van der Waals surface area contributed by atoms with Crippen molar-refractivity contribution >= 4 is 111 Å². The van der Waals surface area contributed by atoms with E-state index in [0.717, 1.165) is 132 Å². The summed E-state index contributed by atoms with van der Waals surface area (Å²) in [6, 6.07) is 102. The Bertz CT molecular complexity index is 5230. The number of methoxy groups -OCH3 is 4. The van der Waals surface area contributed by atoms with Gasteiger partial charge in [-0.2, -0.15) is 0 Å². The van der Waals surface area contributed by atoms with Crippen LogP contribution in [-0.2, 0) is 13.2 Å². The molecule has 0 radical (unpaired) electrons. The minimum Gasteiger partial charge on any atom is -0.508 e. The molecule has 14 aromatic rings. The summed E-state index contributed by atoms with van der Waals surface area (Å²) in [4.78, 5) is 31.2. The van der Waals surface area contributed by atoms with E-state index in [1.807, 2.05) is 200 Å². The van der Waals surface area contributed by atoms with Crippen molar-refractivity contribution < 1.29 is 68.2 Å². The molecular weight excluding hydrogens is 1750 g/mol. The van der Waals surface area contributed by atoms with E-state index in [1.165, 1.54) is 0 Å². The number of rotatable bonds is 19. The van der Waals surface area contributed by atoms with Gasteiger partial charge < -0.3 is 53.8 Å². The number of carbonyl (C=O) groups is 3. The smallest absolute Gasteiger partial charge is 0.488 e. The second kappa shape index (κ2) is 46.5. The van der Waals surface area contributed by atoms with Gasteiger partial charge in [0.25, 0.3) is 0 Å². The lowest BCUT2D eigenvalue weighted by Gasteiger charge is -2.11. The van der Waals surface area contributed by atoms with Gasteiger partial charge in [0.2, 0.25) is 0 Å². The van der Waals surface area contributed by atoms with Crippen LogP contribution < -0.4 is 33.9 Å². The fraction of sp³-hybridized carbons (Fsp3) is 0.0645. The van der Waals surface area contributed by atoms with E-state index in [2.05, 4.69) is 128 Å². The molecule has 14 nitrogen and oxygen atoms in total. The summed E-state index contributed by atoms with van der Waals surface area (Å²) in [5, 5.41) is 45.1. The average molecular weight is 1830 g/mol. The van der Waals surface area contributed by atoms with Crippen molar-refractivity contribution in [2.45, 2.75) is 13.2 Å². The molecule has 0 bridgehead atoms. The van der Waals surface area contributed by atoms with Crippen molar-refractivity contribution in [1.82, 2.24) is 0 Å². The predicted octanol–water partition coefficient (Wildman–Crippen LogP) is 23.4. The predicted molar refractivity (Wildman–Crippen MR) is 470 cm³/mol. The number of aldehydes is 3. The standard InChI is InChI=1S/C26H21BrO2.C14H11BrO2.C14H12O2.C13H11BrO2.C12H9BrO2.C7H9BO3.C7H5BrO/c27-25-17-23(13-16-26(25)29-19-21-9-5-2-6-10-21)22-11-14-24(15-12-22)28-18-20-7-3-1-4-8-20;1-17-14-7-6-12(8-13(14)15)11-4-2-10(9-16)3-5-11;1-16-14-8-6-13(7-9-14)12-4-2-11(10-15)3-5-12;1-16-13-7-4-10(8-12(13)14)9-2-5-11(15)6-3-9;13-11-7-9(3-6-12(11)15)8-1-4-10(14)5-2-8;1-11-7-4-2-6(3-5-7)8(9)10;8-7-3-1-6(5-9)2-4-7/h1-17H,18-19H2;2-9H,1H3;2-10H,1H3;2-8,15H,1H3;1-7,14-15H;2-5,9-10H,1H3;1-5H. The molecule has 113 heavy (non-hydrogen) atoms. The zero-order valence-electron chi connectivity index (χ0n) is 61.7. The largest absolute Gasteiger partial charge is 0.508 e. The Morgan fingerprint density at radius 1 is 0.292 bits per heavy atom. The van der Waals surface area contributed by atoms with Crippen molar-refractivity contribution in [1.29, 1.82) is 0 Å². The number of halogens is 5. The first-order valence-corrected chi connectivity index (χ1v) is 38.7. The number of hydrogen-bond acceptors (Lipinski definition) is 14. The van der Waals surface area contributed by atoms with E-state index in [1.54, 1.807) is 107 Å². The van der Waals surface area contributed by atoms with Crippen molar-refractivity contribution in [2.75, 3.05) is 28.4 Å². The second-order valence-corrected chi connectivity index (χ2v) is 28.5. The monoisotopic (exact) mass is 1820 g/mol. The van der Waals surface area contributed by atoms with E-state index in [-0.39, 0.29) is 17.2 Å². The van der Waals surface area contributed by atoms with E-state index in [0.29, 0.717) is 45.6 Å². The molecule has 0 spiro atoms. The molecule has 0 saturated carbocycles. The molecular formula is C93H78BBr5O14. The van der Waals surface area contributed by atoms with Crippen LogP contribution in [0.5, 0.6) is 51.7 Å². The highest BCUT2D eigenvalue weighted by Gasteiger charge is 2.12. The van der Waals surface area contributed by atoms with Gasteiger partial charge in [-0.25, -0.2) is 0 Å². The van der Waals surface area contributed by atoms with Crippen LogP contribution in [0.3, 0.4) is 0 Å². The van der Waals surface area contributed by atoms with Gasteiger partial charge in [0.1, 0.15) is 83.8 Å². The Labute approximate surface area is 700 Å². The Hall–Kier alpha value is -11.3. The normalized spacial score (nSPS) is 10.0. The SMILES string of the molecule is Brc1cc(-c2ccc(OCc3ccccc3)cc2)ccc1OCc1ccccc1.COc1ccc(-c2ccc(C=O)cc2)cc1.COc1ccc(-c2ccc(C=O)cc2)cc1Br.COc1ccc(-c2ccc(O)cc2)cc1Br.COc1ccc(B(O)O)cc1.O=Cc1ccc(Br)cc1.Oc1ccc(-c2ccc(O)c(Br)c2)cc1. The van der Waals surface area contributed by atoms with Gasteiger partial charge in [0.15, 0.2) is 0 Å². The van der Waals surface area contributed by atoms with E-state index in [4.69, 9.17) is 43.6 Å². The van der Waals surface area contributed by atoms with Crippen LogP contribution in [0.25, 0.3) is 55.6 Å². The third-order valence-corrected chi connectivity index (χ3v) is 19.6. The van der Waals surface area contributed by atoms with Crippen molar-refractivity contribution in [3.05, 3.63) is 378 Å². The molecule has 0 amide bonds. The summed E-state index contributed by atoms with van der Waals surface area (Å²) in [6.07, 6.45) is 2.51. The highest BCUT2D eigenvalue weighted by Crippen LogP contribution is 2.36. The number of ether oxygens (including phenoxy) is 6. The number of carbonyl (C=O) groups excluding carboxylic acids is 3. The molecule has 0 atom stereocenters. The summed E-state index contributed by atoms with van der Waals surface area (Å²) in [5.74, 6) is 5.59.